The predicted octanol–water partition coefficient (Wildman–Crippen LogP) is 4.28. The van der Waals surface area contributed by atoms with Gasteiger partial charge in [-0.05, 0) is 18.2 Å². The molecule has 22 heavy (non-hydrogen) atoms. The van der Waals surface area contributed by atoms with E-state index in [4.69, 9.17) is 5.11 Å². The summed E-state index contributed by atoms with van der Waals surface area (Å²) in [5.74, 6) is 0. The Hall–Kier alpha value is -2.09. The molecule has 0 fully saturated rings. The number of rotatable bonds is 2. The van der Waals surface area contributed by atoms with Crippen LogP contribution in [0.3, 0.4) is 0 Å². The molecule has 2 rings (SSSR count). The fourth-order valence-corrected chi connectivity index (χ4v) is 1.86. The SMILES string of the molecule is OCc1cnc(-c2ccc(C(F)(F)F)cc2)cc1C(F)(F)F. The molecule has 2 nitrogen and oxygen atoms in total. The van der Waals surface area contributed by atoms with Crippen molar-refractivity contribution >= 4 is 0 Å². The third kappa shape index (κ3) is 3.38. The van der Waals surface area contributed by atoms with Gasteiger partial charge in [0.25, 0.3) is 0 Å². The lowest BCUT2D eigenvalue weighted by Crippen LogP contribution is -2.10. The Balaban J connectivity index is 2.45. The van der Waals surface area contributed by atoms with E-state index in [0.29, 0.717) is 6.07 Å². The molecule has 1 aromatic heterocycles. The molecule has 0 spiro atoms. The Morgan fingerprint density at radius 3 is 1.95 bits per heavy atom. The van der Waals surface area contributed by atoms with E-state index in [1.807, 2.05) is 0 Å². The lowest BCUT2D eigenvalue weighted by molar-refractivity contribution is -0.139. The predicted molar refractivity (Wildman–Crippen MR) is 65.6 cm³/mol. The van der Waals surface area contributed by atoms with Crippen molar-refractivity contribution in [1.29, 1.82) is 0 Å². The van der Waals surface area contributed by atoms with E-state index in [9.17, 15) is 26.3 Å². The molecule has 1 N–H and O–H groups in total. The van der Waals surface area contributed by atoms with Gasteiger partial charge in [0.2, 0.25) is 0 Å². The number of aliphatic hydroxyl groups excluding tert-OH is 1. The number of hydrogen-bond acceptors (Lipinski definition) is 2. The molecule has 1 aromatic carbocycles. The Morgan fingerprint density at radius 1 is 0.909 bits per heavy atom. The maximum atomic E-state index is 12.9. The van der Waals surface area contributed by atoms with Crippen LogP contribution in [-0.4, -0.2) is 10.1 Å². The quantitative estimate of drug-likeness (QED) is 0.838. The highest BCUT2D eigenvalue weighted by atomic mass is 19.4. The number of aromatic nitrogens is 1. The molecular formula is C14H9F6NO. The van der Waals surface area contributed by atoms with Crippen LogP contribution in [0.4, 0.5) is 26.3 Å². The van der Waals surface area contributed by atoms with E-state index < -0.39 is 35.6 Å². The molecule has 0 radical (unpaired) electrons. The van der Waals surface area contributed by atoms with Crippen molar-refractivity contribution in [1.82, 2.24) is 4.98 Å². The van der Waals surface area contributed by atoms with Crippen LogP contribution in [-0.2, 0) is 19.0 Å². The van der Waals surface area contributed by atoms with Gasteiger partial charge in [0, 0.05) is 17.3 Å². The minimum absolute atomic E-state index is 0.114. The van der Waals surface area contributed by atoms with Crippen molar-refractivity contribution in [2.45, 2.75) is 19.0 Å². The lowest BCUT2D eigenvalue weighted by atomic mass is 10.0. The standard InChI is InChI=1S/C14H9F6NO/c15-13(16,17)10-3-1-8(2-4-10)12-5-11(14(18,19)20)9(7-22)6-21-12/h1-6,22H,7H2. The second kappa shape index (κ2) is 5.60. The van der Waals surface area contributed by atoms with Crippen molar-refractivity contribution in [3.05, 3.63) is 53.2 Å². The highest BCUT2D eigenvalue weighted by Gasteiger charge is 2.34. The second-order valence-electron chi connectivity index (χ2n) is 4.46. The molecule has 118 valence electrons. The number of nitrogens with zero attached hydrogens (tertiary/aromatic N) is 1. The number of aliphatic hydroxyl groups is 1. The molecular weight excluding hydrogens is 312 g/mol. The maximum Gasteiger partial charge on any atom is 0.416 e. The summed E-state index contributed by atoms with van der Waals surface area (Å²) in [6, 6.07) is 4.33. The molecule has 0 saturated carbocycles. The largest absolute Gasteiger partial charge is 0.416 e. The van der Waals surface area contributed by atoms with E-state index in [2.05, 4.69) is 4.98 Å². The average Bonchev–Trinajstić information content (AvgIpc) is 2.45. The number of alkyl halides is 6. The lowest BCUT2D eigenvalue weighted by Gasteiger charge is -2.13. The van der Waals surface area contributed by atoms with Crippen LogP contribution in [0.1, 0.15) is 16.7 Å². The molecule has 0 aliphatic carbocycles. The first-order chi connectivity index (χ1) is 10.1. The van der Waals surface area contributed by atoms with Crippen molar-refractivity contribution in [3.63, 3.8) is 0 Å². The van der Waals surface area contributed by atoms with Crippen LogP contribution in [0.25, 0.3) is 11.3 Å². The van der Waals surface area contributed by atoms with Crippen molar-refractivity contribution in [2.24, 2.45) is 0 Å². The normalized spacial score (nSPS) is 12.5. The molecule has 1 heterocycles. The van der Waals surface area contributed by atoms with Gasteiger partial charge in [-0.1, -0.05) is 12.1 Å². The number of pyridine rings is 1. The van der Waals surface area contributed by atoms with Gasteiger partial charge in [0.05, 0.1) is 23.4 Å². The summed E-state index contributed by atoms with van der Waals surface area (Å²) < 4.78 is 75.9. The first kappa shape index (κ1) is 16.3. The van der Waals surface area contributed by atoms with Crippen LogP contribution in [0.15, 0.2) is 36.5 Å². The number of benzene rings is 1. The van der Waals surface area contributed by atoms with Gasteiger partial charge in [0.15, 0.2) is 0 Å². The highest BCUT2D eigenvalue weighted by Crippen LogP contribution is 2.35. The minimum atomic E-state index is -4.69. The Bertz CT molecular complexity index is 661. The van der Waals surface area contributed by atoms with Crippen molar-refractivity contribution < 1.29 is 31.4 Å². The van der Waals surface area contributed by atoms with Crippen molar-refractivity contribution in [3.8, 4) is 11.3 Å². The number of halogens is 6. The third-order valence-corrected chi connectivity index (χ3v) is 2.97. The van der Waals surface area contributed by atoms with Gasteiger partial charge in [-0.25, -0.2) is 0 Å². The highest BCUT2D eigenvalue weighted by molar-refractivity contribution is 5.61. The van der Waals surface area contributed by atoms with Gasteiger partial charge in [0.1, 0.15) is 0 Å². The third-order valence-electron chi connectivity index (χ3n) is 2.97. The summed E-state index contributed by atoms with van der Waals surface area (Å²) in [6.07, 6.45) is -8.36. The fourth-order valence-electron chi connectivity index (χ4n) is 1.86. The van der Waals surface area contributed by atoms with Crippen molar-refractivity contribution in [2.75, 3.05) is 0 Å². The summed E-state index contributed by atoms with van der Waals surface area (Å²) in [4.78, 5) is 3.74. The van der Waals surface area contributed by atoms with Crippen LogP contribution in [0.2, 0.25) is 0 Å². The summed E-state index contributed by atoms with van der Waals surface area (Å²) in [5, 5.41) is 8.90. The zero-order chi connectivity index (χ0) is 16.5. The average molecular weight is 321 g/mol. The maximum absolute atomic E-state index is 12.9. The van der Waals surface area contributed by atoms with Crippen LogP contribution in [0.5, 0.6) is 0 Å². The zero-order valence-corrected chi connectivity index (χ0v) is 10.8. The molecule has 0 atom stereocenters. The molecule has 0 aliphatic heterocycles. The minimum Gasteiger partial charge on any atom is -0.392 e. The smallest absolute Gasteiger partial charge is 0.392 e. The van der Waals surface area contributed by atoms with E-state index in [1.54, 1.807) is 0 Å². The van der Waals surface area contributed by atoms with Crippen LogP contribution in [0, 0.1) is 0 Å². The van der Waals surface area contributed by atoms with E-state index >= 15 is 0 Å². The summed E-state index contributed by atoms with van der Waals surface area (Å²) >= 11 is 0. The molecule has 0 aliphatic rings. The monoisotopic (exact) mass is 321 g/mol. The Labute approximate surface area is 121 Å². The summed E-state index contributed by atoms with van der Waals surface area (Å²) in [5.41, 5.74) is -2.39. The van der Waals surface area contributed by atoms with Gasteiger partial charge >= 0.3 is 12.4 Å². The summed E-state index contributed by atoms with van der Waals surface area (Å²) in [6.45, 7) is -0.838. The van der Waals surface area contributed by atoms with E-state index in [-0.39, 0.29) is 11.3 Å². The van der Waals surface area contributed by atoms with Gasteiger partial charge in [-0.3, -0.25) is 4.98 Å². The fraction of sp³-hybridized carbons (Fsp3) is 0.214. The molecule has 0 amide bonds. The topological polar surface area (TPSA) is 33.1 Å². The van der Waals surface area contributed by atoms with Gasteiger partial charge in [-0.15, -0.1) is 0 Å². The second-order valence-corrected chi connectivity index (χ2v) is 4.46. The van der Waals surface area contributed by atoms with Crippen LogP contribution < -0.4 is 0 Å². The molecule has 0 bridgehead atoms. The Morgan fingerprint density at radius 2 is 1.50 bits per heavy atom. The van der Waals surface area contributed by atoms with E-state index in [1.165, 1.54) is 0 Å². The molecule has 2 aromatic rings. The van der Waals surface area contributed by atoms with Gasteiger partial charge < -0.3 is 5.11 Å². The van der Waals surface area contributed by atoms with E-state index in [0.717, 1.165) is 30.5 Å². The molecule has 8 heteroatoms. The zero-order valence-electron chi connectivity index (χ0n) is 10.8. The Kier molecular flexibility index (Phi) is 4.15. The molecule has 0 saturated heterocycles. The van der Waals surface area contributed by atoms with Crippen LogP contribution >= 0.6 is 0 Å². The van der Waals surface area contributed by atoms with Gasteiger partial charge in [-0.2, -0.15) is 26.3 Å². The first-order valence-corrected chi connectivity index (χ1v) is 5.97. The summed E-state index contributed by atoms with van der Waals surface area (Å²) in [7, 11) is 0. The number of hydrogen-bond donors (Lipinski definition) is 1. The molecule has 0 unspecified atom stereocenters. The first-order valence-electron chi connectivity index (χ1n) is 5.97.